The molecule has 0 aliphatic heterocycles. The van der Waals surface area contributed by atoms with Gasteiger partial charge in [0.2, 0.25) is 0 Å². The monoisotopic (exact) mass is 684 g/mol. The Morgan fingerprint density at radius 3 is 1.16 bits per heavy atom. The van der Waals surface area contributed by atoms with Gasteiger partial charge in [0, 0.05) is 22.5 Å². The number of hydrogen-bond acceptors (Lipinski definition) is 4. The number of nitrogens with zero attached hydrogens (tertiary/aromatic N) is 2. The Hall–Kier alpha value is -2.78. The van der Waals surface area contributed by atoms with E-state index in [9.17, 15) is 0 Å². The number of hydrogen-bond donors (Lipinski definition) is 2. The molecule has 45 heavy (non-hydrogen) atoms. The van der Waals surface area contributed by atoms with Crippen molar-refractivity contribution in [2.45, 2.75) is 93.2 Å². The minimum absolute atomic E-state index is 0. The molecule has 0 aliphatic rings. The van der Waals surface area contributed by atoms with Crippen molar-refractivity contribution in [3.8, 4) is 0 Å². The van der Waals surface area contributed by atoms with Gasteiger partial charge in [-0.1, -0.05) is 64.1 Å². The van der Waals surface area contributed by atoms with Crippen LogP contribution in [-0.2, 0) is 39.0 Å². The molecule has 0 amide bonds. The number of benzene rings is 2. The number of para-hydroxylation sites is 2. The number of anilines is 4. The molecular formula is C40H58N4Zr. The molecule has 0 fully saturated rings. The summed E-state index contributed by atoms with van der Waals surface area (Å²) in [7, 11) is 8.45. The summed E-state index contributed by atoms with van der Waals surface area (Å²) in [5.41, 5.74) is 16.4. The Morgan fingerprint density at radius 1 is 0.578 bits per heavy atom. The van der Waals surface area contributed by atoms with Crippen molar-refractivity contribution >= 4 is 22.7 Å². The summed E-state index contributed by atoms with van der Waals surface area (Å²) in [5, 5.41) is 7.26. The van der Waals surface area contributed by atoms with E-state index in [4.69, 9.17) is 0 Å². The summed E-state index contributed by atoms with van der Waals surface area (Å²) < 4.78 is 0. The zero-order chi connectivity index (χ0) is 33.0. The predicted molar refractivity (Wildman–Crippen MR) is 197 cm³/mol. The van der Waals surface area contributed by atoms with Crippen LogP contribution in [0.15, 0.2) is 60.7 Å². The van der Waals surface area contributed by atoms with Crippen molar-refractivity contribution < 1.29 is 26.2 Å². The first kappa shape index (κ1) is 38.4. The van der Waals surface area contributed by atoms with Crippen molar-refractivity contribution in [2.24, 2.45) is 0 Å². The van der Waals surface area contributed by atoms with Crippen LogP contribution in [0, 0.1) is 27.7 Å². The van der Waals surface area contributed by atoms with Gasteiger partial charge in [0.05, 0.1) is 0 Å². The van der Waals surface area contributed by atoms with Gasteiger partial charge in [0.25, 0.3) is 0 Å². The first-order valence-electron chi connectivity index (χ1n) is 16.0. The Balaban J connectivity index is 0.000000307. The summed E-state index contributed by atoms with van der Waals surface area (Å²) >= 11 is 0. The third-order valence-electron chi connectivity index (χ3n) is 8.08. The molecule has 0 aromatic heterocycles. The van der Waals surface area contributed by atoms with Crippen molar-refractivity contribution in [3.05, 3.63) is 105 Å². The van der Waals surface area contributed by atoms with Gasteiger partial charge < -0.3 is 20.4 Å². The van der Waals surface area contributed by atoms with Gasteiger partial charge in [0.15, 0.2) is 0 Å². The fourth-order valence-corrected chi connectivity index (χ4v) is 5.96. The van der Waals surface area contributed by atoms with Crippen LogP contribution < -0.4 is 20.4 Å². The van der Waals surface area contributed by atoms with Crippen LogP contribution >= 0.6 is 0 Å². The van der Waals surface area contributed by atoms with Crippen LogP contribution in [0.3, 0.4) is 0 Å². The molecule has 2 N–H and O–H groups in total. The minimum atomic E-state index is 0. The maximum absolute atomic E-state index is 3.63. The standard InChI is InChI=1S/2C20H29N2.Zr/c2*1-14-12-19(22(6)7)15(2)17(14)13-16-10-8-9-11-18(16)21-20(3,4)5;/h2*8-12,21H,13H2,1-7H3;/q2*-1;+2. The second kappa shape index (κ2) is 15.7. The average molecular weight is 686 g/mol. The Bertz CT molecular complexity index is 1410. The molecular weight excluding hydrogens is 628 g/mol. The van der Waals surface area contributed by atoms with Gasteiger partial charge in [-0.25, -0.2) is 0 Å². The summed E-state index contributed by atoms with van der Waals surface area (Å²) in [6.07, 6.45) is 1.95. The van der Waals surface area contributed by atoms with Crippen LogP contribution in [0.1, 0.15) is 86.1 Å². The molecule has 0 unspecified atom stereocenters. The van der Waals surface area contributed by atoms with Gasteiger partial charge in [0.1, 0.15) is 0 Å². The Kier molecular flexibility index (Phi) is 13.4. The topological polar surface area (TPSA) is 30.5 Å². The molecule has 4 aromatic carbocycles. The summed E-state index contributed by atoms with van der Waals surface area (Å²) in [5.74, 6) is 0. The molecule has 4 rings (SSSR count). The third kappa shape index (κ3) is 10.6. The van der Waals surface area contributed by atoms with E-state index in [0.717, 1.165) is 12.8 Å². The predicted octanol–water partition coefficient (Wildman–Crippen LogP) is 9.78. The van der Waals surface area contributed by atoms with E-state index in [1.54, 1.807) is 0 Å². The van der Waals surface area contributed by atoms with Crippen molar-refractivity contribution in [1.29, 1.82) is 0 Å². The zero-order valence-electron chi connectivity index (χ0n) is 30.6. The van der Waals surface area contributed by atoms with E-state index in [1.165, 1.54) is 67.3 Å². The molecule has 5 heteroatoms. The molecule has 0 bridgehead atoms. The van der Waals surface area contributed by atoms with Crippen LogP contribution in [-0.4, -0.2) is 39.3 Å². The van der Waals surface area contributed by atoms with E-state index >= 15 is 0 Å². The molecule has 0 saturated heterocycles. The van der Waals surface area contributed by atoms with Gasteiger partial charge in [-0.15, -0.1) is 11.4 Å². The van der Waals surface area contributed by atoms with Gasteiger partial charge in [-0.05, 0) is 106 Å². The average Bonchev–Trinajstić information content (AvgIpc) is 3.35. The van der Waals surface area contributed by atoms with E-state index in [-0.39, 0.29) is 37.3 Å². The van der Waals surface area contributed by atoms with Gasteiger partial charge in [-0.3, -0.25) is 0 Å². The van der Waals surface area contributed by atoms with E-state index in [0.29, 0.717) is 0 Å². The third-order valence-corrected chi connectivity index (χ3v) is 8.08. The Labute approximate surface area is 294 Å². The normalized spacial score (nSPS) is 11.3. The van der Waals surface area contributed by atoms with Gasteiger partial charge in [-0.2, -0.15) is 45.5 Å². The first-order valence-corrected chi connectivity index (χ1v) is 16.0. The largest absolute Gasteiger partial charge is 2.00 e. The molecule has 0 radical (unpaired) electrons. The second-order valence-corrected chi connectivity index (χ2v) is 14.8. The fourth-order valence-electron chi connectivity index (χ4n) is 5.96. The van der Waals surface area contributed by atoms with Gasteiger partial charge >= 0.3 is 26.2 Å². The quantitative estimate of drug-likeness (QED) is 0.181. The van der Waals surface area contributed by atoms with E-state index in [2.05, 4.69) is 179 Å². The van der Waals surface area contributed by atoms with Crippen molar-refractivity contribution in [3.63, 3.8) is 0 Å². The second-order valence-electron chi connectivity index (χ2n) is 14.8. The minimum Gasteiger partial charge on any atom is -0.438 e. The number of aryl methyl sites for hydroxylation is 2. The fraction of sp³-hybridized carbons (Fsp3) is 0.450. The maximum Gasteiger partial charge on any atom is 2.00 e. The molecule has 0 heterocycles. The molecule has 242 valence electrons. The zero-order valence-corrected chi connectivity index (χ0v) is 33.0. The van der Waals surface area contributed by atoms with Crippen LogP contribution in [0.2, 0.25) is 0 Å². The first-order chi connectivity index (χ1) is 20.4. The molecule has 0 atom stereocenters. The smallest absolute Gasteiger partial charge is 0.438 e. The number of nitrogens with one attached hydrogen (secondary N) is 2. The maximum atomic E-state index is 3.63. The Morgan fingerprint density at radius 2 is 0.889 bits per heavy atom. The summed E-state index contributed by atoms with van der Waals surface area (Å²) in [6, 6.07) is 21.9. The van der Waals surface area contributed by atoms with Crippen molar-refractivity contribution in [1.82, 2.24) is 0 Å². The summed E-state index contributed by atoms with van der Waals surface area (Å²) in [4.78, 5) is 4.40. The van der Waals surface area contributed by atoms with Crippen LogP contribution in [0.4, 0.5) is 22.7 Å². The van der Waals surface area contributed by atoms with E-state index in [1.807, 2.05) is 0 Å². The molecule has 0 saturated carbocycles. The number of rotatable bonds is 8. The molecule has 0 aliphatic carbocycles. The molecule has 4 nitrogen and oxygen atoms in total. The van der Waals surface area contributed by atoms with Crippen LogP contribution in [0.25, 0.3) is 0 Å². The van der Waals surface area contributed by atoms with Crippen molar-refractivity contribution in [2.75, 3.05) is 48.6 Å². The molecule has 4 aromatic rings. The summed E-state index contributed by atoms with van der Waals surface area (Å²) in [6.45, 7) is 22.1. The van der Waals surface area contributed by atoms with E-state index < -0.39 is 0 Å². The van der Waals surface area contributed by atoms with Crippen LogP contribution in [0.5, 0.6) is 0 Å². The SMILES string of the molecule is Cc1c(N(C)C)c[c-](C)c1Cc1ccccc1NC(C)(C)C.Cc1c(N(C)C)c[c-](C)c1Cc1ccccc1NC(C)(C)C.[Zr+2]. The molecule has 0 spiro atoms.